The number of carbonyl (C=O) groups is 1. The van der Waals surface area contributed by atoms with Crippen LogP contribution in [0.25, 0.3) is 16.5 Å². The molecule has 0 fully saturated rings. The summed E-state index contributed by atoms with van der Waals surface area (Å²) in [6.07, 6.45) is 1.57. The predicted octanol–water partition coefficient (Wildman–Crippen LogP) is 4.08. The number of benzene rings is 3. The lowest BCUT2D eigenvalue weighted by atomic mass is 10.0. The molecule has 0 aliphatic carbocycles. The Morgan fingerprint density at radius 2 is 1.77 bits per heavy atom. The van der Waals surface area contributed by atoms with Crippen molar-refractivity contribution in [3.63, 3.8) is 0 Å². The van der Waals surface area contributed by atoms with Crippen molar-refractivity contribution < 1.29 is 4.79 Å². The summed E-state index contributed by atoms with van der Waals surface area (Å²) in [4.78, 5) is 25.1. The summed E-state index contributed by atoms with van der Waals surface area (Å²) in [5.74, 6) is -0.254. The summed E-state index contributed by atoms with van der Waals surface area (Å²) in [6, 6.07) is 21.0. The van der Waals surface area contributed by atoms with Gasteiger partial charge in [-0.15, -0.1) is 0 Å². The molecule has 1 amide bonds. The zero-order valence-electron chi connectivity index (χ0n) is 16.2. The third-order valence-corrected chi connectivity index (χ3v) is 5.52. The smallest absolute Gasteiger partial charge is 0.280 e. The van der Waals surface area contributed by atoms with Crippen LogP contribution >= 0.6 is 15.9 Å². The number of aryl methyl sites for hydroxylation is 1. The van der Waals surface area contributed by atoms with E-state index in [4.69, 9.17) is 0 Å². The minimum atomic E-state index is -0.254. The normalized spacial score (nSPS) is 11.3. The molecule has 0 saturated carbocycles. The first-order chi connectivity index (χ1) is 14.5. The van der Waals surface area contributed by atoms with E-state index in [1.54, 1.807) is 6.92 Å². The molecule has 30 heavy (non-hydrogen) atoms. The summed E-state index contributed by atoms with van der Waals surface area (Å²) < 4.78 is 2.44. The van der Waals surface area contributed by atoms with Gasteiger partial charge in [-0.25, -0.2) is 10.1 Å². The number of hydrazone groups is 1. The Labute approximate surface area is 181 Å². The number of nitrogens with one attached hydrogen (secondary N) is 2. The monoisotopic (exact) mass is 462 g/mol. The van der Waals surface area contributed by atoms with Crippen molar-refractivity contribution in [1.29, 1.82) is 0 Å². The molecule has 3 aromatic carbocycles. The molecule has 4 aromatic rings. The van der Waals surface area contributed by atoms with Crippen LogP contribution in [0.4, 0.5) is 0 Å². The van der Waals surface area contributed by atoms with Gasteiger partial charge in [-0.3, -0.25) is 14.7 Å². The molecule has 150 valence electrons. The number of rotatable bonds is 5. The van der Waals surface area contributed by atoms with Crippen molar-refractivity contribution >= 4 is 38.8 Å². The number of amides is 1. The van der Waals surface area contributed by atoms with Crippen LogP contribution in [0.2, 0.25) is 0 Å². The van der Waals surface area contributed by atoms with E-state index in [0.29, 0.717) is 11.3 Å². The molecule has 0 saturated heterocycles. The number of H-pyrrole nitrogens is 1. The Balaban J connectivity index is 1.50. The van der Waals surface area contributed by atoms with Gasteiger partial charge in [0.25, 0.3) is 5.56 Å². The number of hydrogen-bond acceptors (Lipinski definition) is 3. The third kappa shape index (κ3) is 3.97. The number of fused-ring (bicyclic) bond motifs is 1. The van der Waals surface area contributed by atoms with E-state index in [1.165, 1.54) is 10.9 Å². The molecule has 2 N–H and O–H groups in total. The van der Waals surface area contributed by atoms with Crippen LogP contribution in [0.15, 0.2) is 81.1 Å². The number of halogens is 1. The summed E-state index contributed by atoms with van der Waals surface area (Å²) in [6.45, 7) is 1.79. The Hall–Kier alpha value is -3.45. The standard InChI is InChI=1S/C23H19BrN4O2/c1-15-20(23(30)28(27-15)17-7-3-2-4-8-17)14-25-26-22(29)13-16-11-12-21(24)19-10-6-5-9-18(16)19/h2-12,14,27H,13H2,1H3,(H,26,29)/b25-14+. The van der Waals surface area contributed by atoms with E-state index in [9.17, 15) is 9.59 Å². The molecule has 0 spiro atoms. The second-order valence-corrected chi connectivity index (χ2v) is 7.70. The van der Waals surface area contributed by atoms with E-state index >= 15 is 0 Å². The van der Waals surface area contributed by atoms with Crippen LogP contribution in [0.3, 0.4) is 0 Å². The molecule has 1 aromatic heterocycles. The number of hydrogen-bond donors (Lipinski definition) is 2. The number of carbonyl (C=O) groups excluding carboxylic acids is 1. The molecule has 0 aliphatic heterocycles. The SMILES string of the molecule is Cc1[nH]n(-c2ccccc2)c(=O)c1/C=N/NC(=O)Cc1ccc(Br)c2ccccc12. The Morgan fingerprint density at radius 1 is 1.07 bits per heavy atom. The summed E-state index contributed by atoms with van der Waals surface area (Å²) in [7, 11) is 0. The van der Waals surface area contributed by atoms with Crippen LogP contribution in [0, 0.1) is 6.92 Å². The largest absolute Gasteiger partial charge is 0.295 e. The van der Waals surface area contributed by atoms with E-state index in [0.717, 1.165) is 26.5 Å². The lowest BCUT2D eigenvalue weighted by Crippen LogP contribution is -2.21. The number of nitrogens with zero attached hydrogens (tertiary/aromatic N) is 2. The van der Waals surface area contributed by atoms with Crippen molar-refractivity contribution in [1.82, 2.24) is 15.2 Å². The minimum absolute atomic E-state index is 0.186. The highest BCUT2D eigenvalue weighted by Gasteiger charge is 2.11. The number of aromatic nitrogens is 2. The molecule has 6 nitrogen and oxygen atoms in total. The van der Waals surface area contributed by atoms with Gasteiger partial charge in [0.15, 0.2) is 0 Å². The fraction of sp³-hybridized carbons (Fsp3) is 0.0870. The molecular weight excluding hydrogens is 444 g/mol. The number of aromatic amines is 1. The van der Waals surface area contributed by atoms with Crippen LogP contribution in [-0.4, -0.2) is 21.9 Å². The van der Waals surface area contributed by atoms with E-state index in [2.05, 4.69) is 31.6 Å². The first kappa shape index (κ1) is 19.8. The van der Waals surface area contributed by atoms with Gasteiger partial charge in [0.2, 0.25) is 5.91 Å². The number of para-hydroxylation sites is 1. The fourth-order valence-electron chi connectivity index (χ4n) is 3.33. The van der Waals surface area contributed by atoms with Crippen molar-refractivity contribution in [2.24, 2.45) is 5.10 Å². The van der Waals surface area contributed by atoms with Gasteiger partial charge in [-0.05, 0) is 41.5 Å². The first-order valence-electron chi connectivity index (χ1n) is 9.39. The maximum Gasteiger partial charge on any atom is 0.280 e. The molecule has 0 aliphatic rings. The maximum atomic E-state index is 12.7. The molecule has 4 rings (SSSR count). The first-order valence-corrected chi connectivity index (χ1v) is 10.2. The maximum absolute atomic E-state index is 12.7. The van der Waals surface area contributed by atoms with Crippen molar-refractivity contribution in [3.8, 4) is 5.69 Å². The Bertz CT molecular complexity index is 1310. The molecular formula is C23H19BrN4O2. The van der Waals surface area contributed by atoms with Crippen LogP contribution in [-0.2, 0) is 11.2 Å². The Kier molecular flexibility index (Phi) is 5.63. The van der Waals surface area contributed by atoms with E-state index in [1.807, 2.05) is 66.7 Å². The quantitative estimate of drug-likeness (QED) is 0.346. The van der Waals surface area contributed by atoms with Gasteiger partial charge in [0.05, 0.1) is 23.9 Å². The van der Waals surface area contributed by atoms with Crippen LogP contribution in [0.1, 0.15) is 16.8 Å². The third-order valence-electron chi connectivity index (χ3n) is 4.83. The molecule has 0 unspecified atom stereocenters. The highest BCUT2D eigenvalue weighted by molar-refractivity contribution is 9.10. The topological polar surface area (TPSA) is 79.2 Å². The van der Waals surface area contributed by atoms with Crippen LogP contribution in [0.5, 0.6) is 0 Å². The summed E-state index contributed by atoms with van der Waals surface area (Å²) in [5.41, 5.74) is 5.00. The van der Waals surface area contributed by atoms with Gasteiger partial charge < -0.3 is 0 Å². The average Bonchev–Trinajstić information content (AvgIpc) is 3.05. The molecule has 1 heterocycles. The zero-order chi connectivity index (χ0) is 21.1. The highest BCUT2D eigenvalue weighted by Crippen LogP contribution is 2.27. The average molecular weight is 463 g/mol. The minimum Gasteiger partial charge on any atom is -0.295 e. The summed E-state index contributed by atoms with van der Waals surface area (Å²) >= 11 is 3.54. The molecule has 0 bridgehead atoms. The van der Waals surface area contributed by atoms with Gasteiger partial charge in [0.1, 0.15) is 0 Å². The summed E-state index contributed by atoms with van der Waals surface area (Å²) in [5, 5.41) is 9.09. The molecule has 0 radical (unpaired) electrons. The van der Waals surface area contributed by atoms with Gasteiger partial charge in [0, 0.05) is 10.2 Å². The van der Waals surface area contributed by atoms with E-state index in [-0.39, 0.29) is 17.9 Å². The predicted molar refractivity (Wildman–Crippen MR) is 122 cm³/mol. The fourth-order valence-corrected chi connectivity index (χ4v) is 3.81. The van der Waals surface area contributed by atoms with Gasteiger partial charge in [-0.2, -0.15) is 5.10 Å². The van der Waals surface area contributed by atoms with E-state index < -0.39 is 0 Å². The van der Waals surface area contributed by atoms with Gasteiger partial charge in [-0.1, -0.05) is 64.5 Å². The lowest BCUT2D eigenvalue weighted by Gasteiger charge is -2.07. The highest BCUT2D eigenvalue weighted by atomic mass is 79.9. The van der Waals surface area contributed by atoms with Gasteiger partial charge >= 0.3 is 0 Å². The lowest BCUT2D eigenvalue weighted by molar-refractivity contribution is -0.120. The van der Waals surface area contributed by atoms with Crippen molar-refractivity contribution in [2.75, 3.05) is 0 Å². The second-order valence-electron chi connectivity index (χ2n) is 6.85. The van der Waals surface area contributed by atoms with Crippen molar-refractivity contribution in [2.45, 2.75) is 13.3 Å². The van der Waals surface area contributed by atoms with Crippen molar-refractivity contribution in [3.05, 3.63) is 98.4 Å². The Morgan fingerprint density at radius 3 is 2.53 bits per heavy atom. The second kappa shape index (κ2) is 8.51. The van der Waals surface area contributed by atoms with Crippen LogP contribution < -0.4 is 11.0 Å². The molecule has 0 atom stereocenters. The zero-order valence-corrected chi connectivity index (χ0v) is 17.8. The molecule has 7 heteroatoms.